The van der Waals surface area contributed by atoms with E-state index in [0.29, 0.717) is 30.9 Å². The van der Waals surface area contributed by atoms with Crippen LogP contribution in [0.4, 0.5) is 4.79 Å². The molecule has 7 heteroatoms. The van der Waals surface area contributed by atoms with Gasteiger partial charge in [-0.1, -0.05) is 0 Å². The molecule has 0 radical (unpaired) electrons. The van der Waals surface area contributed by atoms with Gasteiger partial charge in [0.2, 0.25) is 0 Å². The number of aromatic nitrogens is 1. The molecule has 0 saturated carbocycles. The molecule has 2 amide bonds. The molecule has 0 atom stereocenters. The molecule has 108 valence electrons. The highest BCUT2D eigenvalue weighted by Crippen LogP contribution is 2.19. The molecule has 0 unspecified atom stereocenters. The van der Waals surface area contributed by atoms with Crippen LogP contribution in [0.2, 0.25) is 0 Å². The Kier molecular flexibility index (Phi) is 3.86. The van der Waals surface area contributed by atoms with Crippen molar-refractivity contribution >= 4 is 23.3 Å². The van der Waals surface area contributed by atoms with Crippen molar-refractivity contribution in [3.63, 3.8) is 0 Å². The fraction of sp³-hybridized carbons (Fsp3) is 0.615. The van der Waals surface area contributed by atoms with Crippen molar-refractivity contribution in [1.82, 2.24) is 14.8 Å². The third-order valence-electron chi connectivity index (χ3n) is 3.73. The predicted molar refractivity (Wildman–Crippen MR) is 73.7 cm³/mol. The molecule has 2 aliphatic rings. The van der Waals surface area contributed by atoms with E-state index >= 15 is 0 Å². The summed E-state index contributed by atoms with van der Waals surface area (Å²) < 4.78 is 5.45. The zero-order valence-electron chi connectivity index (χ0n) is 11.2. The molecular formula is C13H17N3O3S. The topological polar surface area (TPSA) is 62.7 Å². The molecule has 2 aliphatic heterocycles. The van der Waals surface area contributed by atoms with Crippen molar-refractivity contribution < 1.29 is 14.3 Å². The van der Waals surface area contributed by atoms with Crippen molar-refractivity contribution in [3.8, 4) is 0 Å². The minimum Gasteiger partial charge on any atom is -0.446 e. The lowest BCUT2D eigenvalue weighted by atomic mass is 10.1. The first-order valence-electron chi connectivity index (χ1n) is 6.88. The van der Waals surface area contributed by atoms with Crippen LogP contribution in [0.15, 0.2) is 11.6 Å². The van der Waals surface area contributed by atoms with Crippen LogP contribution in [0, 0.1) is 0 Å². The molecule has 20 heavy (non-hydrogen) atoms. The summed E-state index contributed by atoms with van der Waals surface area (Å²) >= 11 is 1.36. The third kappa shape index (κ3) is 2.77. The molecule has 0 bridgehead atoms. The summed E-state index contributed by atoms with van der Waals surface area (Å²) in [5, 5.41) is 2.33. The number of rotatable bonds is 2. The van der Waals surface area contributed by atoms with Crippen LogP contribution in [-0.2, 0) is 4.74 Å². The number of thiazole rings is 1. The van der Waals surface area contributed by atoms with E-state index in [1.807, 2.05) is 0 Å². The average molecular weight is 295 g/mol. The standard InChI is InChI=1S/C13H17N3O3S/c17-12(11-14-4-9-20-11)15-7-2-10(3-8-15)19-13(18)16-5-1-6-16/h4,9-10H,1-3,5-8H2. The van der Waals surface area contributed by atoms with E-state index in [9.17, 15) is 9.59 Å². The van der Waals surface area contributed by atoms with Gasteiger partial charge in [0.25, 0.3) is 5.91 Å². The second-order valence-corrected chi connectivity index (χ2v) is 5.95. The Bertz CT molecular complexity index is 479. The van der Waals surface area contributed by atoms with Crippen LogP contribution >= 0.6 is 11.3 Å². The smallest absolute Gasteiger partial charge is 0.410 e. The minimum absolute atomic E-state index is 0.0208. The molecule has 6 nitrogen and oxygen atoms in total. The van der Waals surface area contributed by atoms with Crippen molar-refractivity contribution in [1.29, 1.82) is 0 Å². The fourth-order valence-electron chi connectivity index (χ4n) is 2.36. The second-order valence-electron chi connectivity index (χ2n) is 5.05. The number of hydrogen-bond acceptors (Lipinski definition) is 5. The lowest BCUT2D eigenvalue weighted by Crippen LogP contribution is -2.46. The number of ether oxygens (including phenoxy) is 1. The molecule has 0 aliphatic carbocycles. The third-order valence-corrected chi connectivity index (χ3v) is 4.49. The van der Waals surface area contributed by atoms with Crippen LogP contribution in [0.5, 0.6) is 0 Å². The van der Waals surface area contributed by atoms with E-state index in [2.05, 4.69) is 4.98 Å². The first kappa shape index (κ1) is 13.4. The number of carbonyl (C=O) groups is 2. The molecule has 0 spiro atoms. The van der Waals surface area contributed by atoms with Gasteiger partial charge in [-0.3, -0.25) is 4.79 Å². The lowest BCUT2D eigenvalue weighted by Gasteiger charge is -2.35. The van der Waals surface area contributed by atoms with Gasteiger partial charge in [0.05, 0.1) is 0 Å². The van der Waals surface area contributed by atoms with Gasteiger partial charge in [-0.2, -0.15) is 0 Å². The second kappa shape index (κ2) is 5.78. The summed E-state index contributed by atoms with van der Waals surface area (Å²) in [5.41, 5.74) is 0. The SMILES string of the molecule is O=C(OC1CCN(C(=O)c2nccs2)CC1)N1CCC1. The number of hydrogen-bond donors (Lipinski definition) is 0. The van der Waals surface area contributed by atoms with Gasteiger partial charge in [-0.25, -0.2) is 9.78 Å². The van der Waals surface area contributed by atoms with Crippen molar-refractivity contribution in [2.45, 2.75) is 25.4 Å². The number of likely N-dealkylation sites (tertiary alicyclic amines) is 2. The first-order valence-corrected chi connectivity index (χ1v) is 7.76. The monoisotopic (exact) mass is 295 g/mol. The lowest BCUT2D eigenvalue weighted by molar-refractivity contribution is 0.0181. The van der Waals surface area contributed by atoms with Gasteiger partial charge in [-0.15, -0.1) is 11.3 Å². The molecule has 2 saturated heterocycles. The molecular weight excluding hydrogens is 278 g/mol. The number of carbonyl (C=O) groups excluding carboxylic acids is 2. The molecule has 1 aromatic rings. The summed E-state index contributed by atoms with van der Waals surface area (Å²) in [6, 6.07) is 0. The normalized spacial score (nSPS) is 19.6. The molecule has 0 N–H and O–H groups in total. The predicted octanol–water partition coefficient (Wildman–Crippen LogP) is 1.59. The average Bonchev–Trinajstić information content (AvgIpc) is 2.90. The summed E-state index contributed by atoms with van der Waals surface area (Å²) in [5.74, 6) is -0.0208. The van der Waals surface area contributed by atoms with Gasteiger partial charge in [0.1, 0.15) is 6.10 Å². The Morgan fingerprint density at radius 1 is 1.20 bits per heavy atom. The molecule has 1 aromatic heterocycles. The van der Waals surface area contributed by atoms with Crippen LogP contribution in [0.3, 0.4) is 0 Å². The first-order chi connectivity index (χ1) is 9.74. The fourth-order valence-corrected chi connectivity index (χ4v) is 2.96. The van der Waals surface area contributed by atoms with E-state index in [0.717, 1.165) is 19.5 Å². The number of piperidine rings is 1. The highest BCUT2D eigenvalue weighted by Gasteiger charge is 2.29. The summed E-state index contributed by atoms with van der Waals surface area (Å²) in [4.78, 5) is 31.4. The van der Waals surface area contributed by atoms with Gasteiger partial charge in [0, 0.05) is 50.6 Å². The Labute approximate surface area is 121 Å². The summed E-state index contributed by atoms with van der Waals surface area (Å²) in [6.45, 7) is 2.85. The van der Waals surface area contributed by atoms with Crippen LogP contribution in [-0.4, -0.2) is 59.1 Å². The van der Waals surface area contributed by atoms with Gasteiger partial charge in [0.15, 0.2) is 5.01 Å². The van der Waals surface area contributed by atoms with Crippen LogP contribution in [0.25, 0.3) is 0 Å². The van der Waals surface area contributed by atoms with E-state index in [1.54, 1.807) is 21.4 Å². The van der Waals surface area contributed by atoms with Crippen molar-refractivity contribution in [2.24, 2.45) is 0 Å². The van der Waals surface area contributed by atoms with Crippen LogP contribution < -0.4 is 0 Å². The maximum atomic E-state index is 12.1. The van der Waals surface area contributed by atoms with E-state index < -0.39 is 0 Å². The Morgan fingerprint density at radius 2 is 1.95 bits per heavy atom. The zero-order valence-corrected chi connectivity index (χ0v) is 12.0. The summed E-state index contributed by atoms with van der Waals surface area (Å²) in [7, 11) is 0. The maximum Gasteiger partial charge on any atom is 0.410 e. The van der Waals surface area contributed by atoms with Gasteiger partial charge < -0.3 is 14.5 Å². The van der Waals surface area contributed by atoms with Crippen molar-refractivity contribution in [3.05, 3.63) is 16.6 Å². The maximum absolute atomic E-state index is 12.1. The molecule has 3 rings (SSSR count). The van der Waals surface area contributed by atoms with E-state index in [4.69, 9.17) is 4.74 Å². The van der Waals surface area contributed by atoms with Gasteiger partial charge >= 0.3 is 6.09 Å². The van der Waals surface area contributed by atoms with Crippen LogP contribution in [0.1, 0.15) is 29.1 Å². The Balaban J connectivity index is 1.47. The quantitative estimate of drug-likeness (QED) is 0.831. The highest BCUT2D eigenvalue weighted by atomic mass is 32.1. The molecule has 3 heterocycles. The van der Waals surface area contributed by atoms with Gasteiger partial charge in [-0.05, 0) is 6.42 Å². The summed E-state index contributed by atoms with van der Waals surface area (Å²) in [6.07, 6.45) is 3.84. The Morgan fingerprint density at radius 3 is 2.50 bits per heavy atom. The Hall–Kier alpha value is -1.63. The number of amides is 2. The molecule has 2 fully saturated rings. The molecule has 0 aromatic carbocycles. The largest absolute Gasteiger partial charge is 0.446 e. The minimum atomic E-state index is -0.207. The number of nitrogens with zero attached hydrogens (tertiary/aromatic N) is 3. The van der Waals surface area contributed by atoms with E-state index in [-0.39, 0.29) is 18.1 Å². The van der Waals surface area contributed by atoms with Crippen molar-refractivity contribution in [2.75, 3.05) is 26.2 Å². The highest BCUT2D eigenvalue weighted by molar-refractivity contribution is 7.11. The van der Waals surface area contributed by atoms with E-state index in [1.165, 1.54) is 11.3 Å². The zero-order chi connectivity index (χ0) is 13.9.